The van der Waals surface area contributed by atoms with Gasteiger partial charge >= 0.3 is 5.97 Å². The van der Waals surface area contributed by atoms with E-state index in [0.717, 1.165) is 35.6 Å². The van der Waals surface area contributed by atoms with Crippen molar-refractivity contribution < 1.29 is 22.8 Å². The van der Waals surface area contributed by atoms with Crippen LogP contribution in [0.2, 0.25) is 0 Å². The van der Waals surface area contributed by atoms with E-state index >= 15 is 0 Å². The number of rotatable bonds is 8. The summed E-state index contributed by atoms with van der Waals surface area (Å²) in [6, 6.07) is 16.7. The number of oxime groups is 1. The van der Waals surface area contributed by atoms with Crippen LogP contribution in [0.1, 0.15) is 141 Å². The van der Waals surface area contributed by atoms with Gasteiger partial charge < -0.3 is 9.57 Å². The lowest BCUT2D eigenvalue weighted by atomic mass is 9.84. The highest BCUT2D eigenvalue weighted by Crippen LogP contribution is 2.36. The van der Waals surface area contributed by atoms with Crippen LogP contribution in [0.3, 0.4) is 0 Å². The summed E-state index contributed by atoms with van der Waals surface area (Å²) in [6.07, 6.45) is 6.87. The first-order valence-electron chi connectivity index (χ1n) is 17.5. The summed E-state index contributed by atoms with van der Waals surface area (Å²) >= 11 is 0. The summed E-state index contributed by atoms with van der Waals surface area (Å²) < 4.78 is 29.9. The molecule has 0 radical (unpaired) electrons. The van der Waals surface area contributed by atoms with E-state index in [-0.39, 0.29) is 44.1 Å². The van der Waals surface area contributed by atoms with Crippen LogP contribution in [0.4, 0.5) is 0 Å². The number of hydrogen-bond donors (Lipinski definition) is 1. The van der Waals surface area contributed by atoms with Gasteiger partial charge in [-0.05, 0) is 81.8 Å². The maximum Gasteiger partial charge on any atom is 0.308 e. The Labute approximate surface area is 301 Å². The Morgan fingerprint density at radius 3 is 1.57 bits per heavy atom. The number of nitrogens with one attached hydrogen (secondary N) is 1. The third-order valence-corrected chi connectivity index (χ3v) is 10.7. The minimum Gasteiger partial charge on any atom is -0.465 e. The van der Waals surface area contributed by atoms with Gasteiger partial charge in [-0.3, -0.25) is 4.79 Å². The van der Waals surface area contributed by atoms with Gasteiger partial charge in [0, 0.05) is 17.2 Å². The largest absolute Gasteiger partial charge is 0.465 e. The van der Waals surface area contributed by atoms with Gasteiger partial charge in [0.25, 0.3) is 0 Å². The molecule has 0 unspecified atom stereocenters. The molecule has 0 amide bonds. The van der Waals surface area contributed by atoms with Crippen LogP contribution < -0.4 is 4.72 Å². The van der Waals surface area contributed by atoms with E-state index in [2.05, 4.69) is 80.9 Å². The summed E-state index contributed by atoms with van der Waals surface area (Å²) in [7, 11) is -2.94. The zero-order valence-corrected chi connectivity index (χ0v) is 31.7. The zero-order chi connectivity index (χ0) is 35.4. The monoisotopic (exact) mass is 703 g/mol. The van der Waals surface area contributed by atoms with Crippen LogP contribution in [0.15, 0.2) is 53.7 Å². The quantitative estimate of drug-likeness (QED) is 0.186. The molecule has 3 aliphatic carbocycles. The highest BCUT2D eigenvalue weighted by Gasteiger charge is 2.35. The Bertz CT molecular complexity index is 1330. The van der Waals surface area contributed by atoms with Crippen molar-refractivity contribution in [2.75, 3.05) is 6.61 Å². The van der Waals surface area contributed by atoms with Crippen molar-refractivity contribution in [1.29, 1.82) is 0 Å². The molecule has 3 aliphatic rings. The van der Waals surface area contributed by atoms with Crippen molar-refractivity contribution in [2.45, 2.75) is 147 Å². The van der Waals surface area contributed by atoms with Crippen LogP contribution in [-0.2, 0) is 24.4 Å². The predicted molar refractivity (Wildman–Crippen MR) is 209 cm³/mol. The molecule has 5 rings (SSSR count). The number of carbonyl (C=O) groups excluding carboxylic acids is 1. The number of esters is 1. The second-order valence-electron chi connectivity index (χ2n) is 15.2. The van der Waals surface area contributed by atoms with E-state index in [9.17, 15) is 13.2 Å². The smallest absolute Gasteiger partial charge is 0.308 e. The molecule has 0 bridgehead atoms. The fourth-order valence-electron chi connectivity index (χ4n) is 4.60. The van der Waals surface area contributed by atoms with Crippen molar-refractivity contribution in [3.05, 3.63) is 59.7 Å². The maximum absolute atomic E-state index is 11.1. The second-order valence-corrected chi connectivity index (χ2v) is 17.2. The van der Waals surface area contributed by atoms with Crippen molar-refractivity contribution in [2.24, 2.45) is 28.3 Å². The molecule has 2 saturated carbocycles. The fourth-order valence-corrected chi connectivity index (χ4v) is 6.20. The summed E-state index contributed by atoms with van der Waals surface area (Å²) in [6.45, 7) is 23.3. The molecule has 0 aliphatic heterocycles. The summed E-state index contributed by atoms with van der Waals surface area (Å²) in [4.78, 5) is 16.5. The van der Waals surface area contributed by atoms with Gasteiger partial charge in [-0.2, -0.15) is 0 Å². The molecule has 0 atom stereocenters. The van der Waals surface area contributed by atoms with E-state index in [0.29, 0.717) is 17.9 Å². The number of hydrogen-bond acceptors (Lipinski definition) is 6. The molecule has 8 heteroatoms. The van der Waals surface area contributed by atoms with E-state index in [4.69, 9.17) is 9.57 Å². The van der Waals surface area contributed by atoms with Gasteiger partial charge in [0.05, 0.1) is 17.8 Å². The lowest BCUT2D eigenvalue weighted by Crippen LogP contribution is -2.32. The normalized spacial score (nSPS) is 15.0. The third kappa shape index (κ3) is 16.2. The molecule has 49 heavy (non-hydrogen) atoms. The number of fused-ring (bicyclic) bond motifs is 3. The molecule has 0 spiro atoms. The number of nitrogens with zero attached hydrogens (tertiary/aromatic N) is 1. The fraction of sp³-hybridized carbons (Fsp3) is 0.659. The molecule has 0 heterocycles. The molecule has 280 valence electrons. The molecule has 1 N–H and O–H groups in total. The number of carbonyl (C=O) groups is 1. The average Bonchev–Trinajstić information content (AvgIpc) is 3.65. The second kappa shape index (κ2) is 21.5. The van der Waals surface area contributed by atoms with E-state index in [1.54, 1.807) is 0 Å². The van der Waals surface area contributed by atoms with Gasteiger partial charge in [0.2, 0.25) is 10.0 Å². The van der Waals surface area contributed by atoms with Crippen molar-refractivity contribution in [3.63, 3.8) is 0 Å². The Balaban J connectivity index is 0.000000657. The molecule has 2 fully saturated rings. The van der Waals surface area contributed by atoms with Crippen LogP contribution >= 0.6 is 0 Å². The molecule has 2 aromatic rings. The lowest BCUT2D eigenvalue weighted by Gasteiger charge is -2.22. The van der Waals surface area contributed by atoms with Crippen LogP contribution in [0.25, 0.3) is 11.1 Å². The van der Waals surface area contributed by atoms with Crippen molar-refractivity contribution >= 4 is 21.7 Å². The Morgan fingerprint density at radius 2 is 1.22 bits per heavy atom. The topological polar surface area (TPSA) is 94.1 Å². The average molecular weight is 703 g/mol. The summed E-state index contributed by atoms with van der Waals surface area (Å²) in [5, 5.41) is 4.23. The number of benzene rings is 2. The van der Waals surface area contributed by atoms with Gasteiger partial charge in [-0.25, -0.2) is 13.1 Å². The van der Waals surface area contributed by atoms with Gasteiger partial charge in [0.1, 0.15) is 11.8 Å². The van der Waals surface area contributed by atoms with E-state index < -0.39 is 10.0 Å². The standard InChI is InChI=1S/C16H15NO.C10H18O2.C7H16.C6H13NO2S.2CH4/c1-11(2)18-17-16-14-9-5-3-7-12(14)13-8-4-6-10-15(13)16;1-8(2)10(11)12-7-9-5-3-4-6-9;1-6(2)7(3,4)5;1-5(2)7-10(8,9)6-3-4-6;;/h3-11H,1-2H3;8-9H,3-7H2,1-2H3;6H,1-5H3;5-7H,3-4H2,1-2H3;2*1H4. The van der Waals surface area contributed by atoms with Crippen LogP contribution in [0, 0.1) is 23.2 Å². The van der Waals surface area contributed by atoms with Gasteiger partial charge in [0.15, 0.2) is 0 Å². The predicted octanol–water partition coefficient (Wildman–Crippen LogP) is 10.7. The Kier molecular flexibility index (Phi) is 20.3. The van der Waals surface area contributed by atoms with Crippen LogP contribution in [-0.4, -0.2) is 44.1 Å². The SMILES string of the molecule is C.C.CC(C)C(=O)OCC1CCCC1.CC(C)C(C)(C)C.CC(C)NS(=O)(=O)C1CC1.CC(C)ON=C1c2ccccc2-c2ccccc21. The van der Waals surface area contributed by atoms with Gasteiger partial charge in [-0.15, -0.1) is 0 Å². The first kappa shape index (κ1) is 46.3. The minimum absolute atomic E-state index is 0. The highest BCUT2D eigenvalue weighted by atomic mass is 32.2. The molecule has 0 aromatic heterocycles. The summed E-state index contributed by atoms with van der Waals surface area (Å²) in [5.74, 6) is 1.41. The van der Waals surface area contributed by atoms with E-state index in [1.165, 1.54) is 36.8 Å². The number of sulfonamides is 1. The maximum atomic E-state index is 11.1. The van der Waals surface area contributed by atoms with Crippen molar-refractivity contribution in [1.82, 2.24) is 4.72 Å². The number of ether oxygens (including phenoxy) is 1. The molecular weight excluding hydrogens is 633 g/mol. The minimum atomic E-state index is -2.94. The summed E-state index contributed by atoms with van der Waals surface area (Å²) in [5.41, 5.74) is 6.21. The zero-order valence-electron chi connectivity index (χ0n) is 30.9. The molecule has 0 saturated heterocycles. The molecule has 2 aromatic carbocycles. The van der Waals surface area contributed by atoms with Crippen molar-refractivity contribution in [3.8, 4) is 11.1 Å². The third-order valence-electron chi connectivity index (χ3n) is 8.51. The lowest BCUT2D eigenvalue weighted by molar-refractivity contribution is -0.148. The van der Waals surface area contributed by atoms with E-state index in [1.807, 2.05) is 53.7 Å². The molecular formula is C41H70N2O5S. The highest BCUT2D eigenvalue weighted by molar-refractivity contribution is 7.90. The Hall–Kier alpha value is -2.71. The van der Waals surface area contributed by atoms with Crippen LogP contribution in [0.5, 0.6) is 0 Å². The first-order chi connectivity index (χ1) is 21.9. The Morgan fingerprint density at radius 1 is 0.796 bits per heavy atom. The molecule has 7 nitrogen and oxygen atoms in total. The van der Waals surface area contributed by atoms with Gasteiger partial charge in [-0.1, -0.05) is 130 Å². The first-order valence-corrected chi connectivity index (χ1v) is 19.1.